The molecule has 2 N–H and O–H groups in total. The number of carboxylic acid groups (broad SMARTS) is 1. The van der Waals surface area contributed by atoms with Gasteiger partial charge in [-0.25, -0.2) is 4.79 Å². The molecular weight excluding hydrogens is 282 g/mol. The van der Waals surface area contributed by atoms with Crippen LogP contribution in [0, 0.1) is 6.92 Å². The highest BCUT2D eigenvalue weighted by molar-refractivity contribution is 7.92. The first kappa shape index (κ1) is 14.1. The molecule has 0 bridgehead atoms. The Morgan fingerprint density at radius 3 is 2.55 bits per heavy atom. The fraction of sp³-hybridized carbons (Fsp3) is 0.167. The number of hydrogen-bond donors (Lipinski definition) is 2. The largest absolute Gasteiger partial charge is 0.478 e. The minimum atomic E-state index is -3.75. The van der Waals surface area contributed by atoms with Crippen molar-refractivity contribution in [3.63, 3.8) is 0 Å². The van der Waals surface area contributed by atoms with Crippen LogP contribution in [0.25, 0.3) is 0 Å². The van der Waals surface area contributed by atoms with Gasteiger partial charge in [-0.2, -0.15) is 13.5 Å². The minimum Gasteiger partial charge on any atom is -0.478 e. The van der Waals surface area contributed by atoms with Gasteiger partial charge < -0.3 is 5.11 Å². The van der Waals surface area contributed by atoms with Gasteiger partial charge in [-0.15, -0.1) is 0 Å². The number of sulfonamides is 1. The van der Waals surface area contributed by atoms with Crippen LogP contribution in [0.3, 0.4) is 0 Å². The molecule has 0 fully saturated rings. The summed E-state index contributed by atoms with van der Waals surface area (Å²) < 4.78 is 27.9. The third-order valence-electron chi connectivity index (χ3n) is 2.76. The van der Waals surface area contributed by atoms with Gasteiger partial charge in [0.15, 0.2) is 5.03 Å². The molecule has 0 saturated heterocycles. The highest BCUT2D eigenvalue weighted by Gasteiger charge is 2.18. The van der Waals surface area contributed by atoms with Crippen molar-refractivity contribution in [1.29, 1.82) is 0 Å². The first-order chi connectivity index (χ1) is 9.31. The second-order valence-corrected chi connectivity index (χ2v) is 5.86. The lowest BCUT2D eigenvalue weighted by Gasteiger charge is -2.09. The normalized spacial score (nSPS) is 11.3. The quantitative estimate of drug-likeness (QED) is 0.883. The number of carbonyl (C=O) groups is 1. The lowest BCUT2D eigenvalue weighted by Crippen LogP contribution is -2.17. The second-order valence-electron chi connectivity index (χ2n) is 4.23. The molecule has 2 aromatic rings. The number of rotatable bonds is 4. The summed E-state index contributed by atoms with van der Waals surface area (Å²) in [6.45, 7) is 1.60. The van der Waals surface area contributed by atoms with Gasteiger partial charge in [-0.1, -0.05) is 0 Å². The van der Waals surface area contributed by atoms with Gasteiger partial charge in [0.25, 0.3) is 10.0 Å². The number of aryl methyl sites for hydroxylation is 2. The van der Waals surface area contributed by atoms with Crippen LogP contribution in [-0.2, 0) is 17.1 Å². The molecule has 2 rings (SSSR count). The Morgan fingerprint density at radius 1 is 1.35 bits per heavy atom. The van der Waals surface area contributed by atoms with E-state index in [1.165, 1.54) is 42.2 Å². The van der Waals surface area contributed by atoms with E-state index in [1.54, 1.807) is 6.92 Å². The Morgan fingerprint density at radius 2 is 2.05 bits per heavy atom. The first-order valence-electron chi connectivity index (χ1n) is 5.66. The number of hydrogen-bond acceptors (Lipinski definition) is 4. The molecule has 0 radical (unpaired) electrons. The average Bonchev–Trinajstić information content (AvgIpc) is 2.75. The predicted octanol–water partition coefficient (Wildman–Crippen LogP) is 1.23. The molecule has 0 atom stereocenters. The Bertz CT molecular complexity index is 765. The van der Waals surface area contributed by atoms with Crippen LogP contribution >= 0.6 is 0 Å². The molecule has 0 spiro atoms. The van der Waals surface area contributed by atoms with Gasteiger partial charge in [0.2, 0.25) is 0 Å². The molecule has 0 aliphatic heterocycles. The van der Waals surface area contributed by atoms with E-state index < -0.39 is 16.0 Å². The Hall–Kier alpha value is -2.35. The van der Waals surface area contributed by atoms with E-state index in [9.17, 15) is 13.2 Å². The SMILES string of the molecule is Cc1cc(NS(=O)(=O)c2ccnn2C)ccc1C(=O)O. The van der Waals surface area contributed by atoms with Crippen molar-refractivity contribution >= 4 is 21.7 Å². The van der Waals surface area contributed by atoms with Gasteiger partial charge in [0.1, 0.15) is 0 Å². The number of benzene rings is 1. The Kier molecular flexibility index (Phi) is 3.49. The van der Waals surface area contributed by atoms with E-state index in [4.69, 9.17) is 5.11 Å². The molecule has 0 aliphatic carbocycles. The van der Waals surface area contributed by atoms with E-state index in [-0.39, 0.29) is 10.6 Å². The number of nitrogens with zero attached hydrogens (tertiary/aromatic N) is 2. The summed E-state index contributed by atoms with van der Waals surface area (Å²) in [5.74, 6) is -1.05. The van der Waals surface area contributed by atoms with Crippen LogP contribution in [0.15, 0.2) is 35.5 Å². The molecular formula is C12H13N3O4S. The monoisotopic (exact) mass is 295 g/mol. The molecule has 0 saturated carbocycles. The maximum absolute atomic E-state index is 12.1. The summed E-state index contributed by atoms with van der Waals surface area (Å²) in [7, 11) is -2.23. The van der Waals surface area contributed by atoms with Crippen LogP contribution in [0.5, 0.6) is 0 Å². The van der Waals surface area contributed by atoms with Crippen molar-refractivity contribution in [2.24, 2.45) is 7.05 Å². The van der Waals surface area contributed by atoms with Gasteiger partial charge in [-0.3, -0.25) is 9.40 Å². The summed E-state index contributed by atoms with van der Waals surface area (Å²) >= 11 is 0. The van der Waals surface area contributed by atoms with Crippen molar-refractivity contribution in [2.45, 2.75) is 11.9 Å². The van der Waals surface area contributed by atoms with Gasteiger partial charge in [0, 0.05) is 12.7 Å². The van der Waals surface area contributed by atoms with Crippen molar-refractivity contribution in [1.82, 2.24) is 9.78 Å². The minimum absolute atomic E-state index is 0.0254. The third-order valence-corrected chi connectivity index (χ3v) is 4.22. The molecule has 8 heteroatoms. The summed E-state index contributed by atoms with van der Waals surface area (Å²) in [4.78, 5) is 10.9. The molecule has 1 aromatic carbocycles. The molecule has 1 aromatic heterocycles. The van der Waals surface area contributed by atoms with Crippen LogP contribution in [-0.4, -0.2) is 29.3 Å². The maximum Gasteiger partial charge on any atom is 0.335 e. The van der Waals surface area contributed by atoms with E-state index in [0.717, 1.165) is 0 Å². The predicted molar refractivity (Wildman–Crippen MR) is 72.2 cm³/mol. The summed E-state index contributed by atoms with van der Waals surface area (Å²) in [6, 6.07) is 5.61. The van der Waals surface area contributed by atoms with E-state index in [1.807, 2.05) is 0 Å². The van der Waals surface area contributed by atoms with Crippen LogP contribution in [0.1, 0.15) is 15.9 Å². The summed E-state index contributed by atoms with van der Waals surface area (Å²) in [5.41, 5.74) is 0.907. The van der Waals surface area contributed by atoms with Crippen molar-refractivity contribution in [3.8, 4) is 0 Å². The standard InChI is InChI=1S/C12H13N3O4S/c1-8-7-9(3-4-10(8)12(16)17)14-20(18,19)11-5-6-13-15(11)2/h3-7,14H,1-2H3,(H,16,17). The van der Waals surface area contributed by atoms with E-state index in [2.05, 4.69) is 9.82 Å². The maximum atomic E-state index is 12.1. The summed E-state index contributed by atoms with van der Waals surface area (Å²) in [5, 5.41) is 12.8. The van der Waals surface area contributed by atoms with Gasteiger partial charge >= 0.3 is 5.97 Å². The van der Waals surface area contributed by atoms with Gasteiger partial charge in [-0.05, 0) is 36.8 Å². The first-order valence-corrected chi connectivity index (χ1v) is 7.14. The molecule has 0 amide bonds. The third kappa shape index (κ3) is 2.64. The van der Waals surface area contributed by atoms with Crippen molar-refractivity contribution < 1.29 is 18.3 Å². The molecule has 0 unspecified atom stereocenters. The number of aromatic carboxylic acids is 1. The van der Waals surface area contributed by atoms with Crippen molar-refractivity contribution in [2.75, 3.05) is 4.72 Å². The van der Waals surface area contributed by atoms with Gasteiger partial charge in [0.05, 0.1) is 11.8 Å². The highest BCUT2D eigenvalue weighted by Crippen LogP contribution is 2.19. The van der Waals surface area contributed by atoms with Crippen LogP contribution in [0.2, 0.25) is 0 Å². The zero-order chi connectivity index (χ0) is 14.9. The molecule has 0 aliphatic rings. The molecule has 1 heterocycles. The Balaban J connectivity index is 2.33. The molecule has 20 heavy (non-hydrogen) atoms. The van der Waals surface area contributed by atoms with Crippen molar-refractivity contribution in [3.05, 3.63) is 41.6 Å². The zero-order valence-electron chi connectivity index (χ0n) is 10.9. The van der Waals surface area contributed by atoms with Crippen LogP contribution in [0.4, 0.5) is 5.69 Å². The number of carboxylic acids is 1. The lowest BCUT2D eigenvalue weighted by atomic mass is 10.1. The smallest absolute Gasteiger partial charge is 0.335 e. The second kappa shape index (κ2) is 4.97. The Labute approximate surface area is 115 Å². The highest BCUT2D eigenvalue weighted by atomic mass is 32.2. The lowest BCUT2D eigenvalue weighted by molar-refractivity contribution is 0.0696. The fourth-order valence-corrected chi connectivity index (χ4v) is 2.98. The molecule has 7 nitrogen and oxygen atoms in total. The number of anilines is 1. The fourth-order valence-electron chi connectivity index (χ4n) is 1.80. The summed E-state index contributed by atoms with van der Waals surface area (Å²) in [6.07, 6.45) is 1.38. The number of aromatic nitrogens is 2. The zero-order valence-corrected chi connectivity index (χ0v) is 11.7. The topological polar surface area (TPSA) is 101 Å². The van der Waals surface area contributed by atoms with E-state index >= 15 is 0 Å². The van der Waals surface area contributed by atoms with E-state index in [0.29, 0.717) is 11.3 Å². The number of nitrogens with one attached hydrogen (secondary N) is 1. The average molecular weight is 295 g/mol. The van der Waals surface area contributed by atoms with Crippen LogP contribution < -0.4 is 4.72 Å². The molecule has 106 valence electrons.